The molecule has 0 radical (unpaired) electrons. The lowest BCUT2D eigenvalue weighted by Crippen LogP contribution is -2.13. The van der Waals surface area contributed by atoms with Gasteiger partial charge < -0.3 is 13.9 Å². The topological polar surface area (TPSA) is 55.8 Å². The lowest BCUT2D eigenvalue weighted by Gasteiger charge is -2.21. The highest BCUT2D eigenvalue weighted by molar-refractivity contribution is 7.60. The number of rotatable bonds is 8. The maximum absolute atomic E-state index is 13.2. The van der Waals surface area contributed by atoms with Gasteiger partial charge >= 0.3 is 7.60 Å². The quantitative estimate of drug-likeness (QED) is 0.391. The van der Waals surface area contributed by atoms with Crippen LogP contribution in [-0.4, -0.2) is 38.0 Å². The molecule has 0 fully saturated rings. The van der Waals surface area contributed by atoms with Crippen LogP contribution in [0.5, 0.6) is 0 Å². The summed E-state index contributed by atoms with van der Waals surface area (Å²) in [5.41, 5.74) is 0.0285. The summed E-state index contributed by atoms with van der Waals surface area (Å²) in [6.07, 6.45) is 1.37. The predicted octanol–water partition coefficient (Wildman–Crippen LogP) is 4.33. The molecule has 23 heavy (non-hydrogen) atoms. The van der Waals surface area contributed by atoms with E-state index >= 15 is 0 Å². The molecule has 0 aromatic heterocycles. The molecular formula is C15H20ClFNO4P. The number of nitrogens with zero attached hydrogens (tertiary/aromatic N) is 1. The number of Topliss-reactive ketones (excluding diaryl/α,β-unsaturated/α-hetero) is 1. The summed E-state index contributed by atoms with van der Waals surface area (Å²) in [4.78, 5) is 14.3. The van der Waals surface area contributed by atoms with Crippen molar-refractivity contribution in [1.82, 2.24) is 4.90 Å². The van der Waals surface area contributed by atoms with E-state index in [0.717, 1.165) is 12.1 Å². The van der Waals surface area contributed by atoms with E-state index in [1.165, 1.54) is 12.3 Å². The molecular weight excluding hydrogens is 344 g/mol. The lowest BCUT2D eigenvalue weighted by molar-refractivity contribution is 0.103. The smallest absolute Gasteiger partial charge is 0.366 e. The van der Waals surface area contributed by atoms with Crippen LogP contribution in [0, 0.1) is 5.82 Å². The van der Waals surface area contributed by atoms with Gasteiger partial charge in [-0.25, -0.2) is 4.39 Å². The number of hydrogen-bond acceptors (Lipinski definition) is 5. The molecule has 0 N–H and O–H groups in total. The second-order valence-corrected chi connectivity index (χ2v) is 7.16. The van der Waals surface area contributed by atoms with Crippen molar-refractivity contribution >= 4 is 25.0 Å². The van der Waals surface area contributed by atoms with Gasteiger partial charge in [0.2, 0.25) is 5.78 Å². The van der Waals surface area contributed by atoms with Crippen LogP contribution >= 0.6 is 19.2 Å². The zero-order valence-electron chi connectivity index (χ0n) is 13.5. The second-order valence-electron chi connectivity index (χ2n) is 4.76. The Labute approximate surface area is 140 Å². The van der Waals surface area contributed by atoms with Crippen LogP contribution in [0.25, 0.3) is 0 Å². The average Bonchev–Trinajstić information content (AvgIpc) is 2.44. The summed E-state index contributed by atoms with van der Waals surface area (Å²) in [5.74, 6) is -1.20. The Bertz CT molecular complexity index is 638. The summed E-state index contributed by atoms with van der Waals surface area (Å²) in [6.45, 7) is 3.50. The highest BCUT2D eigenvalue weighted by Gasteiger charge is 2.36. The number of allylic oxidation sites excluding steroid dienone is 1. The number of carbonyl (C=O) groups is 1. The maximum Gasteiger partial charge on any atom is 0.366 e. The Kier molecular flexibility index (Phi) is 7.42. The van der Waals surface area contributed by atoms with E-state index in [0.29, 0.717) is 0 Å². The van der Waals surface area contributed by atoms with Crippen molar-refractivity contribution in [2.45, 2.75) is 13.8 Å². The van der Waals surface area contributed by atoms with Crippen LogP contribution in [0.3, 0.4) is 0 Å². The highest BCUT2D eigenvalue weighted by atomic mass is 35.5. The van der Waals surface area contributed by atoms with Gasteiger partial charge in [-0.05, 0) is 32.0 Å². The van der Waals surface area contributed by atoms with Crippen LogP contribution in [0.1, 0.15) is 24.2 Å². The fourth-order valence-electron chi connectivity index (χ4n) is 1.83. The van der Waals surface area contributed by atoms with Gasteiger partial charge in [0.15, 0.2) is 0 Å². The first kappa shape index (κ1) is 19.8. The van der Waals surface area contributed by atoms with E-state index in [1.807, 2.05) is 0 Å². The van der Waals surface area contributed by atoms with E-state index in [1.54, 1.807) is 32.8 Å². The van der Waals surface area contributed by atoms with Gasteiger partial charge in [0.25, 0.3) is 0 Å². The second kappa shape index (κ2) is 8.60. The zero-order valence-corrected chi connectivity index (χ0v) is 15.2. The molecule has 0 saturated heterocycles. The molecule has 0 aliphatic heterocycles. The molecule has 1 aromatic carbocycles. The average molecular weight is 364 g/mol. The largest absolute Gasteiger partial charge is 0.383 e. The minimum absolute atomic E-state index is 0.0285. The number of benzene rings is 1. The molecule has 0 bridgehead atoms. The monoisotopic (exact) mass is 363 g/mol. The van der Waals surface area contributed by atoms with E-state index in [9.17, 15) is 13.8 Å². The third-order valence-corrected chi connectivity index (χ3v) is 5.10. The SMILES string of the molecule is CCOP(=O)(OCC)/C(=C\N(C)C)C(=O)c1ccc(F)cc1Cl. The molecule has 0 unspecified atom stereocenters. The van der Waals surface area contributed by atoms with E-state index in [-0.39, 0.29) is 29.1 Å². The highest BCUT2D eigenvalue weighted by Crippen LogP contribution is 2.57. The fourth-order valence-corrected chi connectivity index (χ4v) is 3.85. The van der Waals surface area contributed by atoms with Crippen molar-refractivity contribution in [2.24, 2.45) is 0 Å². The van der Waals surface area contributed by atoms with Crippen molar-refractivity contribution in [3.8, 4) is 0 Å². The first-order chi connectivity index (χ1) is 10.7. The fraction of sp³-hybridized carbons (Fsp3) is 0.400. The summed E-state index contributed by atoms with van der Waals surface area (Å²) >= 11 is 5.94. The molecule has 0 aliphatic rings. The Morgan fingerprint density at radius 1 is 1.30 bits per heavy atom. The van der Waals surface area contributed by atoms with E-state index in [2.05, 4.69) is 0 Å². The summed E-state index contributed by atoms with van der Waals surface area (Å²) < 4.78 is 36.6. The summed E-state index contributed by atoms with van der Waals surface area (Å²) in [7, 11) is -0.482. The minimum atomic E-state index is -3.82. The molecule has 128 valence electrons. The van der Waals surface area contributed by atoms with Gasteiger partial charge in [-0.3, -0.25) is 9.36 Å². The lowest BCUT2D eigenvalue weighted by atomic mass is 10.1. The van der Waals surface area contributed by atoms with Crippen LogP contribution in [0.2, 0.25) is 5.02 Å². The Morgan fingerprint density at radius 2 is 1.87 bits per heavy atom. The number of halogens is 2. The normalized spacial score (nSPS) is 12.3. The van der Waals surface area contributed by atoms with Gasteiger partial charge in [0.1, 0.15) is 11.1 Å². The van der Waals surface area contributed by atoms with Crippen LogP contribution in [0.4, 0.5) is 4.39 Å². The van der Waals surface area contributed by atoms with Gasteiger partial charge in [-0.15, -0.1) is 0 Å². The predicted molar refractivity (Wildman–Crippen MR) is 88.4 cm³/mol. The van der Waals surface area contributed by atoms with Crippen LogP contribution in [0.15, 0.2) is 29.7 Å². The first-order valence-corrected chi connectivity index (χ1v) is 8.94. The molecule has 1 rings (SSSR count). The molecule has 0 aliphatic carbocycles. The van der Waals surface area contributed by atoms with Crippen molar-refractivity contribution in [2.75, 3.05) is 27.3 Å². The molecule has 1 aromatic rings. The Balaban J connectivity index is 3.41. The van der Waals surface area contributed by atoms with Gasteiger partial charge in [-0.2, -0.15) is 0 Å². The van der Waals surface area contributed by atoms with Gasteiger partial charge in [0, 0.05) is 25.9 Å². The molecule has 8 heteroatoms. The Hall–Kier alpha value is -1.20. The van der Waals surface area contributed by atoms with Crippen molar-refractivity contribution < 1.29 is 22.8 Å². The first-order valence-electron chi connectivity index (χ1n) is 7.02. The van der Waals surface area contributed by atoms with E-state index in [4.69, 9.17) is 20.6 Å². The van der Waals surface area contributed by atoms with Crippen molar-refractivity contribution in [3.05, 3.63) is 46.1 Å². The zero-order chi connectivity index (χ0) is 17.6. The molecule has 0 saturated carbocycles. The number of carbonyl (C=O) groups excluding carboxylic acids is 1. The van der Waals surface area contributed by atoms with Gasteiger partial charge in [0.05, 0.1) is 18.2 Å². The summed E-state index contributed by atoms with van der Waals surface area (Å²) in [6, 6.07) is 3.37. The molecule has 5 nitrogen and oxygen atoms in total. The van der Waals surface area contributed by atoms with Crippen molar-refractivity contribution in [3.63, 3.8) is 0 Å². The number of ketones is 1. The van der Waals surface area contributed by atoms with E-state index < -0.39 is 19.2 Å². The molecule has 0 atom stereocenters. The molecule has 0 spiro atoms. The minimum Gasteiger partial charge on any atom is -0.383 e. The summed E-state index contributed by atoms with van der Waals surface area (Å²) in [5, 5.41) is -0.223. The maximum atomic E-state index is 13.2. The molecule has 0 amide bonds. The van der Waals surface area contributed by atoms with Crippen LogP contribution < -0.4 is 0 Å². The van der Waals surface area contributed by atoms with Crippen molar-refractivity contribution in [1.29, 1.82) is 0 Å². The number of hydrogen-bond donors (Lipinski definition) is 0. The third kappa shape index (κ3) is 5.15. The van der Waals surface area contributed by atoms with Gasteiger partial charge in [-0.1, -0.05) is 11.6 Å². The third-order valence-electron chi connectivity index (χ3n) is 2.68. The van der Waals surface area contributed by atoms with Crippen LogP contribution in [-0.2, 0) is 13.6 Å². The Morgan fingerprint density at radius 3 is 2.30 bits per heavy atom. The standard InChI is InChI=1S/C15H20ClFNO4P/c1-5-21-23(20,22-6-2)14(10-18(3)4)15(19)12-8-7-11(17)9-13(12)16/h7-10H,5-6H2,1-4H3/b14-10-. The molecule has 0 heterocycles.